The lowest BCUT2D eigenvalue weighted by molar-refractivity contribution is 0.0997. The van der Waals surface area contributed by atoms with Crippen LogP contribution in [-0.2, 0) is 6.54 Å². The van der Waals surface area contributed by atoms with E-state index in [2.05, 4.69) is 9.97 Å². The van der Waals surface area contributed by atoms with Crippen molar-refractivity contribution in [1.29, 1.82) is 0 Å². The van der Waals surface area contributed by atoms with Gasteiger partial charge in [0, 0.05) is 18.5 Å². The van der Waals surface area contributed by atoms with E-state index in [1.807, 2.05) is 0 Å². The van der Waals surface area contributed by atoms with Crippen molar-refractivity contribution in [3.05, 3.63) is 99.7 Å². The zero-order valence-corrected chi connectivity index (χ0v) is 22.6. The molecular weight excluding hydrogens is 548 g/mol. The summed E-state index contributed by atoms with van der Waals surface area (Å²) in [4.78, 5) is 34.3. The lowest BCUT2D eigenvalue weighted by Crippen LogP contribution is -2.26. The number of aromatic nitrogens is 4. The van der Waals surface area contributed by atoms with Gasteiger partial charge in [-0.2, -0.15) is 0 Å². The first kappa shape index (κ1) is 26.9. The second-order valence-corrected chi connectivity index (χ2v) is 9.71. The van der Waals surface area contributed by atoms with Gasteiger partial charge in [0.25, 0.3) is 11.5 Å². The minimum absolute atomic E-state index is 0.00171. The Labute approximate surface area is 237 Å². The van der Waals surface area contributed by atoms with Gasteiger partial charge in [-0.3, -0.25) is 14.3 Å². The van der Waals surface area contributed by atoms with Crippen molar-refractivity contribution in [3.63, 3.8) is 0 Å². The van der Waals surface area contributed by atoms with Gasteiger partial charge < -0.3 is 19.9 Å². The highest BCUT2D eigenvalue weighted by Crippen LogP contribution is 2.39. The number of primary amides is 1. The van der Waals surface area contributed by atoms with Crippen molar-refractivity contribution in [2.75, 3.05) is 14.2 Å². The van der Waals surface area contributed by atoms with Gasteiger partial charge in [0.1, 0.15) is 23.4 Å². The fourth-order valence-electron chi connectivity index (χ4n) is 5.50. The molecule has 6 rings (SSSR count). The fraction of sp³-hybridized carbons (Fsp3) is 0.200. The predicted molar refractivity (Wildman–Crippen MR) is 149 cm³/mol. The van der Waals surface area contributed by atoms with Crippen LogP contribution in [0.15, 0.2) is 65.7 Å². The zero-order valence-electron chi connectivity index (χ0n) is 22.6. The average molecular weight is 574 g/mol. The quantitative estimate of drug-likeness (QED) is 0.300. The van der Waals surface area contributed by atoms with Crippen LogP contribution < -0.4 is 25.5 Å². The number of benzene rings is 3. The second kappa shape index (κ2) is 10.6. The Kier molecular flexibility index (Phi) is 6.81. The molecule has 10 nitrogen and oxygen atoms in total. The van der Waals surface area contributed by atoms with Gasteiger partial charge in [-0.1, -0.05) is 18.2 Å². The normalized spacial score (nSPS) is 14.4. The molecule has 214 valence electrons. The smallest absolute Gasteiger partial charge is 0.284 e. The summed E-state index contributed by atoms with van der Waals surface area (Å²) in [5, 5.41) is 0.482. The van der Waals surface area contributed by atoms with Crippen LogP contribution in [0, 0.1) is 11.6 Å². The number of fused-ring (bicyclic) bond motifs is 2. The molecule has 0 fully saturated rings. The Morgan fingerprint density at radius 2 is 1.74 bits per heavy atom. The molecule has 12 heteroatoms. The minimum Gasteiger partial charge on any atom is -0.493 e. The molecule has 1 atom stereocenters. The minimum atomic E-state index is -0.936. The first-order valence-electron chi connectivity index (χ1n) is 13.1. The lowest BCUT2D eigenvalue weighted by Gasteiger charge is -2.27. The molecule has 0 spiro atoms. The van der Waals surface area contributed by atoms with Crippen molar-refractivity contribution in [2.24, 2.45) is 5.73 Å². The number of nitrogens with zero attached hydrogens (tertiary/aromatic N) is 4. The van der Waals surface area contributed by atoms with Crippen LogP contribution >= 0.6 is 0 Å². The maximum atomic E-state index is 15.6. The molecular formula is C30H25F2N5O5. The number of ether oxygens (including phenoxy) is 3. The number of halogens is 2. The highest BCUT2D eigenvalue weighted by molar-refractivity contribution is 5.94. The fourth-order valence-corrected chi connectivity index (χ4v) is 5.50. The van der Waals surface area contributed by atoms with Gasteiger partial charge in [0.15, 0.2) is 23.1 Å². The third-order valence-corrected chi connectivity index (χ3v) is 7.37. The summed E-state index contributed by atoms with van der Waals surface area (Å²) in [6, 6.07) is 13.5. The Bertz CT molecular complexity index is 1920. The molecule has 1 aliphatic heterocycles. The maximum absolute atomic E-state index is 15.6. The summed E-state index contributed by atoms with van der Waals surface area (Å²) < 4.78 is 49.6. The highest BCUT2D eigenvalue weighted by atomic mass is 19.1. The zero-order chi connectivity index (χ0) is 29.5. The van der Waals surface area contributed by atoms with E-state index in [-0.39, 0.29) is 22.9 Å². The average Bonchev–Trinajstić information content (AvgIpc) is 3.29. The van der Waals surface area contributed by atoms with Crippen molar-refractivity contribution in [3.8, 4) is 28.8 Å². The summed E-state index contributed by atoms with van der Waals surface area (Å²) in [5.41, 5.74) is 6.00. The van der Waals surface area contributed by atoms with Crippen molar-refractivity contribution in [1.82, 2.24) is 19.3 Å². The number of hydrogen-bond donors (Lipinski definition) is 1. The summed E-state index contributed by atoms with van der Waals surface area (Å²) in [7, 11) is 3.00. The van der Waals surface area contributed by atoms with Crippen molar-refractivity contribution < 1.29 is 27.8 Å². The third kappa shape index (κ3) is 4.41. The number of rotatable bonds is 7. The maximum Gasteiger partial charge on any atom is 0.284 e. The van der Waals surface area contributed by atoms with E-state index >= 15 is 4.39 Å². The van der Waals surface area contributed by atoms with Crippen LogP contribution in [-0.4, -0.2) is 39.5 Å². The van der Waals surface area contributed by atoms with Crippen LogP contribution in [0.4, 0.5) is 8.78 Å². The Morgan fingerprint density at radius 1 is 0.976 bits per heavy atom. The van der Waals surface area contributed by atoms with E-state index in [9.17, 15) is 14.0 Å². The van der Waals surface area contributed by atoms with E-state index in [0.717, 1.165) is 4.68 Å². The van der Waals surface area contributed by atoms with Gasteiger partial charge in [-0.15, -0.1) is 0 Å². The number of hydrogen-bond acceptors (Lipinski definition) is 7. The van der Waals surface area contributed by atoms with Gasteiger partial charge >= 0.3 is 0 Å². The molecule has 3 aromatic carbocycles. The van der Waals surface area contributed by atoms with Crippen LogP contribution in [0.1, 0.15) is 40.4 Å². The molecule has 0 bridgehead atoms. The molecule has 5 aromatic rings. The van der Waals surface area contributed by atoms with Crippen molar-refractivity contribution in [2.45, 2.75) is 25.3 Å². The van der Waals surface area contributed by atoms with Crippen LogP contribution in [0.25, 0.3) is 16.6 Å². The standard InChI is InChI=1S/C30H25F2N5O5/c1-40-24-13-18-21(14-25(24)41-2)34-15-35-29(18)42-23-10-9-16(12-20(23)32)17-6-5-11-36-27(17)26(28(33)38)30(39)37(36)22-8-4-3-7-19(22)31/h3-4,7-10,12-15,17H,5-6,11H2,1-2H3,(H2,33,38). The summed E-state index contributed by atoms with van der Waals surface area (Å²) >= 11 is 0. The Morgan fingerprint density at radius 3 is 2.45 bits per heavy atom. The summed E-state index contributed by atoms with van der Waals surface area (Å²) in [6.07, 6.45) is 2.40. The number of carbonyl (C=O) groups excluding carboxylic acids is 1. The molecule has 0 radical (unpaired) electrons. The SMILES string of the molecule is COc1cc2ncnc(Oc3ccc(C4CCCn5c4c(C(N)=O)c(=O)n5-c4ccccc4F)cc3F)c2cc1OC. The first-order chi connectivity index (χ1) is 20.3. The van der Waals surface area contributed by atoms with Gasteiger partial charge in [0.2, 0.25) is 5.88 Å². The molecule has 42 heavy (non-hydrogen) atoms. The number of amides is 1. The van der Waals surface area contributed by atoms with E-state index in [0.29, 0.717) is 53.0 Å². The number of carbonyl (C=O) groups is 1. The molecule has 3 heterocycles. The summed E-state index contributed by atoms with van der Waals surface area (Å²) in [5.74, 6) is -1.90. The number of methoxy groups -OCH3 is 2. The topological polar surface area (TPSA) is 123 Å². The predicted octanol–water partition coefficient (Wildman–Crippen LogP) is 4.69. The molecule has 2 N–H and O–H groups in total. The first-order valence-corrected chi connectivity index (χ1v) is 13.1. The molecule has 1 amide bonds. The molecule has 0 saturated heterocycles. The molecule has 2 aromatic heterocycles. The van der Waals surface area contributed by atoms with Gasteiger partial charge in [-0.05, 0) is 48.7 Å². The van der Waals surface area contributed by atoms with Crippen LogP contribution in [0.2, 0.25) is 0 Å². The number of para-hydroxylation sites is 1. The lowest BCUT2D eigenvalue weighted by atomic mass is 9.86. The van der Waals surface area contributed by atoms with E-state index in [1.54, 1.807) is 28.9 Å². The highest BCUT2D eigenvalue weighted by Gasteiger charge is 2.34. The van der Waals surface area contributed by atoms with Crippen LogP contribution in [0.3, 0.4) is 0 Å². The number of nitrogens with two attached hydrogens (primary N) is 1. The van der Waals surface area contributed by atoms with Crippen LogP contribution in [0.5, 0.6) is 23.1 Å². The van der Waals surface area contributed by atoms with E-state index in [4.69, 9.17) is 19.9 Å². The van der Waals surface area contributed by atoms with Gasteiger partial charge in [0.05, 0.1) is 30.8 Å². The van der Waals surface area contributed by atoms with Gasteiger partial charge in [-0.25, -0.2) is 23.4 Å². The Balaban J connectivity index is 1.40. The molecule has 1 aliphatic rings. The van der Waals surface area contributed by atoms with E-state index in [1.165, 1.54) is 50.9 Å². The second-order valence-electron chi connectivity index (χ2n) is 9.71. The molecule has 1 unspecified atom stereocenters. The third-order valence-electron chi connectivity index (χ3n) is 7.37. The van der Waals surface area contributed by atoms with Crippen molar-refractivity contribution >= 4 is 16.8 Å². The Hall–Kier alpha value is -5.26. The summed E-state index contributed by atoms with van der Waals surface area (Å²) in [6.45, 7) is 0.349. The van der Waals surface area contributed by atoms with E-state index < -0.39 is 29.0 Å². The largest absolute Gasteiger partial charge is 0.493 e. The molecule has 0 aliphatic carbocycles. The monoisotopic (exact) mass is 573 g/mol. The molecule has 0 saturated carbocycles.